The number of ether oxygens (including phenoxy) is 1. The number of alkyl halides is 2. The van der Waals surface area contributed by atoms with Gasteiger partial charge >= 0.3 is 5.97 Å². The summed E-state index contributed by atoms with van der Waals surface area (Å²) in [4.78, 5) is 23.3. The lowest BCUT2D eigenvalue weighted by atomic mass is 9.86. The Balaban J connectivity index is 2.31. The van der Waals surface area contributed by atoms with Gasteiger partial charge in [-0.1, -0.05) is 0 Å². The molecule has 1 unspecified atom stereocenters. The van der Waals surface area contributed by atoms with E-state index in [-0.39, 0.29) is 36.3 Å². The van der Waals surface area contributed by atoms with Crippen molar-refractivity contribution in [3.63, 3.8) is 0 Å². The number of carbonyl (C=O) groups excluding carboxylic acids is 2. The first kappa shape index (κ1) is 12.7. The summed E-state index contributed by atoms with van der Waals surface area (Å²) in [5.41, 5.74) is 0.134. The molecule has 1 aromatic heterocycles. The summed E-state index contributed by atoms with van der Waals surface area (Å²) >= 11 is 0. The molecule has 18 heavy (non-hydrogen) atoms. The zero-order chi connectivity index (χ0) is 13.3. The number of Topliss-reactive ketones (excluding diaryl/α,β-unsaturated/α-hetero) is 1. The van der Waals surface area contributed by atoms with E-state index in [4.69, 9.17) is 9.15 Å². The second-order valence-electron chi connectivity index (χ2n) is 4.09. The summed E-state index contributed by atoms with van der Waals surface area (Å²) in [5, 5.41) is 0. The van der Waals surface area contributed by atoms with Gasteiger partial charge in [-0.15, -0.1) is 0 Å². The third kappa shape index (κ3) is 2.14. The van der Waals surface area contributed by atoms with Crippen LogP contribution in [0.1, 0.15) is 39.8 Å². The predicted molar refractivity (Wildman–Crippen MR) is 56.8 cm³/mol. The van der Waals surface area contributed by atoms with Crippen molar-refractivity contribution in [3.8, 4) is 0 Å². The normalized spacial score (nSPS) is 18.9. The molecule has 0 fully saturated rings. The molecule has 1 aliphatic carbocycles. The first-order chi connectivity index (χ1) is 8.54. The van der Waals surface area contributed by atoms with Crippen molar-refractivity contribution in [3.05, 3.63) is 23.2 Å². The minimum atomic E-state index is -2.57. The maximum absolute atomic E-state index is 12.6. The van der Waals surface area contributed by atoms with Crippen LogP contribution in [-0.4, -0.2) is 24.8 Å². The van der Waals surface area contributed by atoms with Crippen LogP contribution in [0.25, 0.3) is 0 Å². The van der Waals surface area contributed by atoms with Crippen LogP contribution < -0.4 is 0 Å². The highest BCUT2D eigenvalue weighted by molar-refractivity contribution is 6.07. The SMILES string of the molecule is CCOC(=O)c1coc2c1C(=O)CC(C(F)F)C2. The number of esters is 1. The Morgan fingerprint density at radius 2 is 2.28 bits per heavy atom. The summed E-state index contributed by atoms with van der Waals surface area (Å²) in [6.07, 6.45) is -1.76. The summed E-state index contributed by atoms with van der Waals surface area (Å²) in [7, 11) is 0. The van der Waals surface area contributed by atoms with Crippen LogP contribution in [0.4, 0.5) is 8.78 Å². The van der Waals surface area contributed by atoms with Crippen molar-refractivity contribution in [2.75, 3.05) is 6.61 Å². The maximum atomic E-state index is 12.6. The average Bonchev–Trinajstić information content (AvgIpc) is 2.73. The number of ketones is 1. The van der Waals surface area contributed by atoms with Gasteiger partial charge in [-0.2, -0.15) is 0 Å². The second-order valence-corrected chi connectivity index (χ2v) is 4.09. The molecule has 0 aromatic carbocycles. The van der Waals surface area contributed by atoms with Gasteiger partial charge in [0.15, 0.2) is 5.78 Å². The molecule has 4 nitrogen and oxygen atoms in total. The molecule has 0 saturated heterocycles. The molecule has 1 heterocycles. The topological polar surface area (TPSA) is 56.5 Å². The van der Waals surface area contributed by atoms with Crippen LogP contribution in [0, 0.1) is 5.92 Å². The van der Waals surface area contributed by atoms with Gasteiger partial charge in [0, 0.05) is 18.8 Å². The van der Waals surface area contributed by atoms with Crippen LogP contribution >= 0.6 is 0 Å². The highest BCUT2D eigenvalue weighted by atomic mass is 19.3. The molecule has 0 spiro atoms. The summed E-state index contributed by atoms with van der Waals surface area (Å²) in [5.74, 6) is -2.03. The van der Waals surface area contributed by atoms with E-state index in [0.717, 1.165) is 6.26 Å². The summed E-state index contributed by atoms with van der Waals surface area (Å²) in [6.45, 7) is 1.81. The number of fused-ring (bicyclic) bond motifs is 1. The number of furan rings is 1. The maximum Gasteiger partial charge on any atom is 0.342 e. The predicted octanol–water partition coefficient (Wildman–Crippen LogP) is 2.47. The molecule has 98 valence electrons. The summed E-state index contributed by atoms with van der Waals surface area (Å²) in [6, 6.07) is 0. The van der Waals surface area contributed by atoms with Crippen LogP contribution in [0.3, 0.4) is 0 Å². The van der Waals surface area contributed by atoms with Gasteiger partial charge in [0.1, 0.15) is 17.6 Å². The Bertz CT molecular complexity index is 478. The average molecular weight is 258 g/mol. The van der Waals surface area contributed by atoms with Crippen molar-refractivity contribution in [1.29, 1.82) is 0 Å². The Morgan fingerprint density at radius 1 is 1.56 bits per heavy atom. The smallest absolute Gasteiger partial charge is 0.342 e. The van der Waals surface area contributed by atoms with Crippen molar-refractivity contribution in [2.24, 2.45) is 5.92 Å². The van der Waals surface area contributed by atoms with E-state index in [1.807, 2.05) is 0 Å². The molecule has 6 heteroatoms. The van der Waals surface area contributed by atoms with Crippen molar-refractivity contribution < 1.29 is 27.5 Å². The van der Waals surface area contributed by atoms with E-state index in [9.17, 15) is 18.4 Å². The van der Waals surface area contributed by atoms with Crippen LogP contribution in [0.5, 0.6) is 0 Å². The lowest BCUT2D eigenvalue weighted by Crippen LogP contribution is -2.25. The van der Waals surface area contributed by atoms with E-state index in [2.05, 4.69) is 0 Å². The van der Waals surface area contributed by atoms with E-state index in [0.29, 0.717) is 0 Å². The van der Waals surface area contributed by atoms with Crippen LogP contribution in [0.15, 0.2) is 10.7 Å². The number of hydrogen-bond donors (Lipinski definition) is 0. The lowest BCUT2D eigenvalue weighted by molar-refractivity contribution is 0.0515. The third-order valence-electron chi connectivity index (χ3n) is 2.89. The molecule has 0 amide bonds. The monoisotopic (exact) mass is 258 g/mol. The van der Waals surface area contributed by atoms with Gasteiger partial charge in [0.2, 0.25) is 6.43 Å². The van der Waals surface area contributed by atoms with Gasteiger partial charge in [-0.3, -0.25) is 4.79 Å². The summed E-state index contributed by atoms with van der Waals surface area (Å²) < 4.78 is 35.0. The first-order valence-corrected chi connectivity index (χ1v) is 5.63. The molecule has 0 saturated carbocycles. The molecule has 1 atom stereocenters. The van der Waals surface area contributed by atoms with Gasteiger partial charge in [-0.25, -0.2) is 13.6 Å². The first-order valence-electron chi connectivity index (χ1n) is 5.63. The standard InChI is InChI=1S/C12H12F2O4/c1-2-17-12(16)7-5-18-9-4-6(11(13)14)3-8(15)10(7)9/h5-6,11H,2-4H2,1H3. The fraction of sp³-hybridized carbons (Fsp3) is 0.500. The molecule has 1 aliphatic rings. The van der Waals surface area contributed by atoms with E-state index >= 15 is 0 Å². The van der Waals surface area contributed by atoms with Gasteiger partial charge in [-0.05, 0) is 6.92 Å². The molecule has 0 bridgehead atoms. The zero-order valence-electron chi connectivity index (χ0n) is 9.74. The Labute approximate surface area is 102 Å². The fourth-order valence-electron chi connectivity index (χ4n) is 2.04. The highest BCUT2D eigenvalue weighted by Gasteiger charge is 2.36. The molecule has 0 radical (unpaired) electrons. The quantitative estimate of drug-likeness (QED) is 0.781. The van der Waals surface area contributed by atoms with Crippen LogP contribution in [-0.2, 0) is 11.2 Å². The molecular weight excluding hydrogens is 246 g/mol. The number of halogens is 2. The van der Waals surface area contributed by atoms with E-state index < -0.39 is 24.1 Å². The third-order valence-corrected chi connectivity index (χ3v) is 2.89. The second kappa shape index (κ2) is 4.88. The largest absolute Gasteiger partial charge is 0.468 e. The van der Waals surface area contributed by atoms with Crippen molar-refractivity contribution >= 4 is 11.8 Å². The minimum Gasteiger partial charge on any atom is -0.468 e. The van der Waals surface area contributed by atoms with E-state index in [1.54, 1.807) is 6.92 Å². The fourth-order valence-corrected chi connectivity index (χ4v) is 2.04. The van der Waals surface area contributed by atoms with Crippen molar-refractivity contribution in [1.82, 2.24) is 0 Å². The molecular formula is C12H12F2O4. The highest BCUT2D eigenvalue weighted by Crippen LogP contribution is 2.32. The molecule has 2 rings (SSSR count). The Hall–Kier alpha value is -1.72. The van der Waals surface area contributed by atoms with Gasteiger partial charge in [0.05, 0.1) is 12.2 Å². The Morgan fingerprint density at radius 3 is 2.89 bits per heavy atom. The van der Waals surface area contributed by atoms with Gasteiger partial charge in [0.25, 0.3) is 0 Å². The number of hydrogen-bond acceptors (Lipinski definition) is 4. The van der Waals surface area contributed by atoms with Gasteiger partial charge < -0.3 is 9.15 Å². The molecule has 1 aromatic rings. The number of carbonyl (C=O) groups is 2. The lowest BCUT2D eigenvalue weighted by Gasteiger charge is -2.19. The van der Waals surface area contributed by atoms with Crippen molar-refractivity contribution in [2.45, 2.75) is 26.2 Å². The molecule has 0 aliphatic heterocycles. The zero-order valence-corrected chi connectivity index (χ0v) is 9.74. The number of rotatable bonds is 3. The minimum absolute atomic E-state index is 0.0296. The molecule has 0 N–H and O–H groups in total. The Kier molecular flexibility index (Phi) is 3.45. The van der Waals surface area contributed by atoms with Crippen LogP contribution in [0.2, 0.25) is 0 Å². The van der Waals surface area contributed by atoms with E-state index in [1.165, 1.54) is 0 Å².